The zero-order valence-electron chi connectivity index (χ0n) is 22.8. The van der Waals surface area contributed by atoms with Gasteiger partial charge in [-0.1, -0.05) is 30.3 Å². The smallest absolute Gasteiger partial charge is 0.344 e. The highest BCUT2D eigenvalue weighted by Gasteiger charge is 2.38. The Balaban J connectivity index is 1.46. The summed E-state index contributed by atoms with van der Waals surface area (Å²) in [5, 5.41) is 0. The first-order valence-corrected chi connectivity index (χ1v) is 13.6. The molecule has 0 aromatic heterocycles. The lowest BCUT2D eigenvalue weighted by Gasteiger charge is -2.44. The summed E-state index contributed by atoms with van der Waals surface area (Å²) in [4.78, 5) is 22.1. The minimum atomic E-state index is -4.91. The highest BCUT2D eigenvalue weighted by molar-refractivity contribution is 5.83. The van der Waals surface area contributed by atoms with Crippen LogP contribution in [0, 0.1) is 0 Å². The van der Waals surface area contributed by atoms with Crippen LogP contribution in [0.4, 0.5) is 26.3 Å². The van der Waals surface area contributed by atoms with Crippen molar-refractivity contribution in [1.82, 2.24) is 19.6 Å². The van der Waals surface area contributed by atoms with Crippen molar-refractivity contribution in [1.29, 1.82) is 0 Å². The summed E-state index contributed by atoms with van der Waals surface area (Å²) < 4.78 is 79.7. The number of carbonyl (C=O) groups is 1. The van der Waals surface area contributed by atoms with Crippen LogP contribution < -0.4 is 0 Å². The van der Waals surface area contributed by atoms with Crippen LogP contribution in [0.3, 0.4) is 0 Å². The minimum absolute atomic E-state index is 0.0153. The van der Waals surface area contributed by atoms with Crippen LogP contribution in [0.2, 0.25) is 0 Å². The molecule has 2 aromatic carbocycles. The van der Waals surface area contributed by atoms with E-state index in [4.69, 9.17) is 0 Å². The molecule has 0 N–H and O–H groups in total. The molecule has 2 aliphatic rings. The van der Waals surface area contributed by atoms with E-state index < -0.39 is 29.5 Å². The van der Waals surface area contributed by atoms with Crippen molar-refractivity contribution in [3.05, 3.63) is 70.8 Å². The summed E-state index contributed by atoms with van der Waals surface area (Å²) in [6.45, 7) is 5.54. The van der Waals surface area contributed by atoms with E-state index in [2.05, 4.69) is 21.7 Å². The third-order valence-corrected chi connectivity index (χ3v) is 8.03. The standard InChI is InChI=1S/C29H36F6N4O/c1-36-14-16-38(17-15-36)25-9-12-39(13-10-25)26(22-6-4-3-5-7-22)27(40)37(2)11-8-21-18-23(28(30,31)32)20-24(19-21)29(33,34)35/h3-7,18-20,25-26H,8-17H2,1-2H3. The molecule has 5 nitrogen and oxygen atoms in total. The summed E-state index contributed by atoms with van der Waals surface area (Å²) in [6, 6.07) is 10.8. The van der Waals surface area contributed by atoms with Crippen LogP contribution >= 0.6 is 0 Å². The van der Waals surface area contributed by atoms with Crippen molar-refractivity contribution in [2.24, 2.45) is 0 Å². The molecule has 4 rings (SSSR count). The predicted molar refractivity (Wildman–Crippen MR) is 141 cm³/mol. The van der Waals surface area contributed by atoms with Gasteiger partial charge in [0.2, 0.25) is 5.91 Å². The van der Waals surface area contributed by atoms with E-state index in [9.17, 15) is 31.1 Å². The van der Waals surface area contributed by atoms with Crippen molar-refractivity contribution >= 4 is 5.91 Å². The molecule has 1 amide bonds. The quantitative estimate of drug-likeness (QED) is 0.430. The SMILES string of the molecule is CN1CCN(C2CCN(C(C(=O)N(C)CCc3cc(C(F)(F)F)cc(C(F)(F)F)c3)c3ccccc3)CC2)CC1. The maximum atomic E-state index is 13.7. The molecule has 2 fully saturated rings. The van der Waals surface area contributed by atoms with Crippen LogP contribution in [0.15, 0.2) is 48.5 Å². The molecule has 11 heteroatoms. The average molecular weight is 571 g/mol. The number of benzene rings is 2. The molecule has 0 saturated carbocycles. The first kappa shape index (κ1) is 30.3. The van der Waals surface area contributed by atoms with Crippen molar-refractivity contribution in [3.8, 4) is 0 Å². The predicted octanol–water partition coefficient (Wildman–Crippen LogP) is 5.18. The molecular weight excluding hydrogens is 534 g/mol. The van der Waals surface area contributed by atoms with E-state index in [-0.39, 0.29) is 30.5 Å². The van der Waals surface area contributed by atoms with Gasteiger partial charge in [0.25, 0.3) is 0 Å². The summed E-state index contributed by atoms with van der Waals surface area (Å²) in [5.74, 6) is -0.229. The second kappa shape index (κ2) is 12.5. The Morgan fingerprint density at radius 1 is 0.875 bits per heavy atom. The average Bonchev–Trinajstić information content (AvgIpc) is 2.92. The zero-order chi connectivity index (χ0) is 29.1. The number of amides is 1. The lowest BCUT2D eigenvalue weighted by atomic mass is 9.96. The normalized spacial score (nSPS) is 19.5. The lowest BCUT2D eigenvalue weighted by molar-refractivity contribution is -0.143. The maximum Gasteiger partial charge on any atom is 0.416 e. The highest BCUT2D eigenvalue weighted by Crippen LogP contribution is 2.36. The van der Waals surface area contributed by atoms with Gasteiger partial charge in [-0.05, 0) is 55.6 Å². The van der Waals surface area contributed by atoms with Crippen LogP contribution in [0.1, 0.15) is 41.1 Å². The number of alkyl halides is 6. The van der Waals surface area contributed by atoms with E-state index in [1.165, 1.54) is 4.90 Å². The Morgan fingerprint density at radius 3 is 1.95 bits per heavy atom. The van der Waals surface area contributed by atoms with E-state index in [1.807, 2.05) is 30.3 Å². The Hall–Kier alpha value is -2.63. The monoisotopic (exact) mass is 570 g/mol. The Kier molecular flexibility index (Phi) is 9.47. The number of piperazine rings is 1. The Labute approximate surface area is 231 Å². The molecule has 40 heavy (non-hydrogen) atoms. The summed E-state index contributed by atoms with van der Waals surface area (Å²) in [6.07, 6.45) is -8.11. The van der Waals surface area contributed by atoms with Crippen molar-refractivity contribution in [2.45, 2.75) is 43.7 Å². The summed E-state index contributed by atoms with van der Waals surface area (Å²) in [5.41, 5.74) is -2.00. The van der Waals surface area contributed by atoms with Gasteiger partial charge in [0.05, 0.1) is 11.1 Å². The summed E-state index contributed by atoms with van der Waals surface area (Å²) in [7, 11) is 3.67. The van der Waals surface area contributed by atoms with Crippen molar-refractivity contribution in [2.75, 3.05) is 59.9 Å². The molecule has 1 atom stereocenters. The first-order valence-electron chi connectivity index (χ1n) is 13.6. The Bertz CT molecular complexity index is 1090. The molecule has 1 unspecified atom stereocenters. The van der Waals surface area contributed by atoms with Gasteiger partial charge in [-0.25, -0.2) is 0 Å². The van der Waals surface area contributed by atoms with Crippen LogP contribution in [-0.4, -0.2) is 91.5 Å². The molecule has 2 heterocycles. The van der Waals surface area contributed by atoms with Gasteiger partial charge in [0.1, 0.15) is 6.04 Å². The van der Waals surface area contributed by atoms with E-state index in [1.54, 1.807) is 7.05 Å². The summed E-state index contributed by atoms with van der Waals surface area (Å²) >= 11 is 0. The first-order chi connectivity index (χ1) is 18.8. The molecule has 0 radical (unpaired) electrons. The minimum Gasteiger partial charge on any atom is -0.344 e. The fourth-order valence-electron chi connectivity index (χ4n) is 5.62. The molecule has 2 saturated heterocycles. The van der Waals surface area contributed by atoms with Crippen LogP contribution in [0.25, 0.3) is 0 Å². The largest absolute Gasteiger partial charge is 0.416 e. The number of hydrogen-bond donors (Lipinski definition) is 0. The third-order valence-electron chi connectivity index (χ3n) is 8.03. The van der Waals surface area contributed by atoms with Gasteiger partial charge in [-0.2, -0.15) is 26.3 Å². The molecule has 0 bridgehead atoms. The number of halogens is 6. The van der Waals surface area contributed by atoms with Crippen molar-refractivity contribution < 1.29 is 31.1 Å². The number of piperidine rings is 1. The van der Waals surface area contributed by atoms with Crippen LogP contribution in [-0.2, 0) is 23.6 Å². The number of likely N-dealkylation sites (tertiary alicyclic amines) is 1. The number of carbonyl (C=O) groups excluding carboxylic acids is 1. The lowest BCUT2D eigenvalue weighted by Crippen LogP contribution is -2.53. The zero-order valence-corrected chi connectivity index (χ0v) is 22.8. The van der Waals surface area contributed by atoms with Gasteiger partial charge in [0, 0.05) is 58.9 Å². The molecule has 2 aromatic rings. The Morgan fingerprint density at radius 2 is 1.43 bits per heavy atom. The number of hydrogen-bond acceptors (Lipinski definition) is 4. The number of rotatable bonds is 7. The third kappa shape index (κ3) is 7.55. The molecule has 0 spiro atoms. The van der Waals surface area contributed by atoms with Gasteiger partial charge >= 0.3 is 12.4 Å². The van der Waals surface area contributed by atoms with Gasteiger partial charge in [0.15, 0.2) is 0 Å². The fraction of sp³-hybridized carbons (Fsp3) is 0.552. The van der Waals surface area contributed by atoms with Gasteiger partial charge in [-0.3, -0.25) is 14.6 Å². The molecular formula is C29H36F6N4O. The fourth-order valence-corrected chi connectivity index (χ4v) is 5.62. The molecule has 0 aliphatic carbocycles. The maximum absolute atomic E-state index is 13.7. The number of likely N-dealkylation sites (N-methyl/N-ethyl adjacent to an activating group) is 2. The number of nitrogens with zero attached hydrogens (tertiary/aromatic N) is 4. The second-order valence-electron chi connectivity index (χ2n) is 10.8. The molecule has 220 valence electrons. The molecule has 2 aliphatic heterocycles. The van der Waals surface area contributed by atoms with E-state index in [0.29, 0.717) is 6.04 Å². The van der Waals surface area contributed by atoms with E-state index >= 15 is 0 Å². The topological polar surface area (TPSA) is 30.0 Å². The van der Waals surface area contributed by atoms with Gasteiger partial charge < -0.3 is 9.80 Å². The highest BCUT2D eigenvalue weighted by atomic mass is 19.4. The van der Waals surface area contributed by atoms with E-state index in [0.717, 1.165) is 69.8 Å². The van der Waals surface area contributed by atoms with Gasteiger partial charge in [-0.15, -0.1) is 0 Å². The second-order valence-corrected chi connectivity index (χ2v) is 10.8. The van der Waals surface area contributed by atoms with Crippen molar-refractivity contribution in [3.63, 3.8) is 0 Å². The van der Waals surface area contributed by atoms with Crippen LogP contribution in [0.5, 0.6) is 0 Å².